The molecule has 0 radical (unpaired) electrons. The summed E-state index contributed by atoms with van der Waals surface area (Å²) < 4.78 is 1.97. The fourth-order valence-corrected chi connectivity index (χ4v) is 2.02. The fraction of sp³-hybridized carbons (Fsp3) is 0. The number of benzene rings is 2. The Kier molecular flexibility index (Phi) is 3.57. The van der Waals surface area contributed by atoms with Crippen molar-refractivity contribution in [1.29, 1.82) is 0 Å². The number of nitrogen functional groups attached to an aromatic ring is 1. The molecule has 0 aliphatic carbocycles. The molecular weight excluding hydrogens is 330 g/mol. The average Bonchev–Trinajstić information content (AvgIpc) is 2.30. The van der Waals surface area contributed by atoms with Crippen LogP contribution in [0.15, 0.2) is 48.5 Å². The molecule has 2 aromatic carbocycles. The number of nitrogens with zero attached hydrogens (tertiary/aromatic N) is 1. The molecule has 0 saturated heterocycles. The van der Waals surface area contributed by atoms with Gasteiger partial charge in [-0.15, -0.1) is 0 Å². The van der Waals surface area contributed by atoms with Crippen LogP contribution in [-0.2, 0) is 0 Å². The number of anilines is 2. The van der Waals surface area contributed by atoms with Crippen LogP contribution in [0.2, 0.25) is 0 Å². The zero-order valence-corrected chi connectivity index (χ0v) is 12.3. The molecule has 0 atom stereocenters. The van der Waals surface area contributed by atoms with E-state index in [1.807, 2.05) is 27.2 Å². The van der Waals surface area contributed by atoms with E-state index in [9.17, 15) is 0 Å². The van der Waals surface area contributed by atoms with Gasteiger partial charge >= 0.3 is 112 Å². The Hall–Kier alpha value is -0.921. The molecule has 0 heterocycles. The van der Waals surface area contributed by atoms with Gasteiger partial charge in [-0.2, -0.15) is 0 Å². The van der Waals surface area contributed by atoms with Gasteiger partial charge in [-0.3, -0.25) is 0 Å². The summed E-state index contributed by atoms with van der Waals surface area (Å²) in [6, 6.07) is 16.3. The monoisotopic (exact) mass is 344 g/mol. The molecule has 0 amide bonds. The van der Waals surface area contributed by atoms with Crippen molar-refractivity contribution in [3.8, 4) is 11.1 Å². The van der Waals surface area contributed by atoms with E-state index in [2.05, 4.69) is 56.7 Å². The molecule has 0 aliphatic rings. The summed E-state index contributed by atoms with van der Waals surface area (Å²) in [7, 11) is 0. The second kappa shape index (κ2) is 4.94. The van der Waals surface area contributed by atoms with Gasteiger partial charge in [-0.05, 0) is 0 Å². The Morgan fingerprint density at radius 1 is 0.750 bits per heavy atom. The van der Waals surface area contributed by atoms with Gasteiger partial charge in [-0.1, -0.05) is 0 Å². The van der Waals surface area contributed by atoms with Crippen LogP contribution >= 0.6 is 0 Å². The first-order valence-corrected chi connectivity index (χ1v) is 6.48. The summed E-state index contributed by atoms with van der Waals surface area (Å²) in [6.45, 7) is 0. The van der Waals surface area contributed by atoms with Gasteiger partial charge in [0.05, 0.1) is 0 Å². The molecule has 0 unspecified atom stereocenters. The van der Waals surface area contributed by atoms with E-state index in [4.69, 9.17) is 5.73 Å². The van der Waals surface area contributed by atoms with Crippen molar-refractivity contribution in [1.82, 2.24) is 0 Å². The predicted molar refractivity (Wildman–Crippen MR) is 73.1 cm³/mol. The number of nitrogens with two attached hydrogens (primary N) is 1. The molecular formula is C12H12N2Se2. The summed E-state index contributed by atoms with van der Waals surface area (Å²) in [5.74, 6) is 0. The van der Waals surface area contributed by atoms with Gasteiger partial charge in [0.25, 0.3) is 0 Å². The second-order valence-electron chi connectivity index (χ2n) is 3.46. The zero-order valence-electron chi connectivity index (χ0n) is 8.54. The molecule has 2 nitrogen and oxygen atoms in total. The van der Waals surface area contributed by atoms with E-state index in [0.29, 0.717) is 0 Å². The Morgan fingerprint density at radius 2 is 1.19 bits per heavy atom. The van der Waals surface area contributed by atoms with E-state index >= 15 is 0 Å². The Balaban J connectivity index is 2.31. The van der Waals surface area contributed by atoms with Gasteiger partial charge in [0.1, 0.15) is 0 Å². The van der Waals surface area contributed by atoms with Crippen molar-refractivity contribution in [2.75, 3.05) is 8.67 Å². The molecule has 2 N–H and O–H groups in total. The normalized spacial score (nSPS) is 10.1. The average molecular weight is 342 g/mol. The van der Waals surface area contributed by atoms with Crippen molar-refractivity contribution in [2.45, 2.75) is 0 Å². The summed E-state index contributed by atoms with van der Waals surface area (Å²) >= 11 is 4.92. The maximum atomic E-state index is 5.66. The van der Waals surface area contributed by atoms with Crippen LogP contribution in [0.1, 0.15) is 0 Å². The molecule has 2 rings (SSSR count). The van der Waals surface area contributed by atoms with Crippen molar-refractivity contribution in [3.05, 3.63) is 48.5 Å². The predicted octanol–water partition coefficient (Wildman–Crippen LogP) is 1.37. The first kappa shape index (κ1) is 11.6. The zero-order chi connectivity index (χ0) is 11.5. The summed E-state index contributed by atoms with van der Waals surface area (Å²) in [6.07, 6.45) is 0. The van der Waals surface area contributed by atoms with Gasteiger partial charge in [0.2, 0.25) is 0 Å². The van der Waals surface area contributed by atoms with Gasteiger partial charge in [0, 0.05) is 0 Å². The van der Waals surface area contributed by atoms with E-state index in [1.165, 1.54) is 11.1 Å². The first-order valence-electron chi connectivity index (χ1n) is 4.81. The van der Waals surface area contributed by atoms with Gasteiger partial charge in [-0.25, -0.2) is 0 Å². The topological polar surface area (TPSA) is 29.3 Å². The first-order chi connectivity index (χ1) is 7.66. The van der Waals surface area contributed by atoms with Crippen LogP contribution in [0.3, 0.4) is 0 Å². The number of hydrogen-bond acceptors (Lipinski definition) is 2. The van der Waals surface area contributed by atoms with E-state index in [1.54, 1.807) is 0 Å². The minimum atomic E-state index is 0.795. The number of hydrogen-bond donors (Lipinski definition) is 1. The van der Waals surface area contributed by atoms with Crippen LogP contribution in [0, 0.1) is 0 Å². The van der Waals surface area contributed by atoms with E-state index in [-0.39, 0.29) is 0 Å². The molecule has 0 aliphatic heterocycles. The second-order valence-corrected chi connectivity index (χ2v) is 6.62. The number of rotatable bonds is 2. The van der Waals surface area contributed by atoms with Crippen LogP contribution in [0.4, 0.5) is 11.4 Å². The van der Waals surface area contributed by atoms with Crippen molar-refractivity contribution in [2.24, 2.45) is 0 Å². The quantitative estimate of drug-likeness (QED) is 0.660. The summed E-state index contributed by atoms with van der Waals surface area (Å²) in [5.41, 5.74) is 9.99. The molecule has 0 aromatic heterocycles. The molecule has 82 valence electrons. The molecule has 0 saturated carbocycles. The standard InChI is InChI=1S/C12H12N2Se2/c13-11-5-1-9(2-6-11)10-3-7-12(8-4-10)14(15)16/h1-8,15-16H,13H2. The molecule has 4 heteroatoms. The van der Waals surface area contributed by atoms with Gasteiger partial charge < -0.3 is 0 Å². The van der Waals surface area contributed by atoms with Gasteiger partial charge in [0.15, 0.2) is 0 Å². The fourth-order valence-electron chi connectivity index (χ4n) is 1.46. The van der Waals surface area contributed by atoms with Crippen molar-refractivity contribution in [3.63, 3.8) is 0 Å². The van der Waals surface area contributed by atoms with Crippen molar-refractivity contribution < 1.29 is 0 Å². The summed E-state index contributed by atoms with van der Waals surface area (Å²) in [4.78, 5) is 0. The van der Waals surface area contributed by atoms with E-state index in [0.717, 1.165) is 11.4 Å². The SMILES string of the molecule is Nc1ccc(-c2ccc(N([SeH])[SeH])cc2)cc1. The van der Waals surface area contributed by atoms with Crippen LogP contribution in [-0.4, -0.2) is 32.5 Å². The Labute approximate surface area is 112 Å². The molecule has 0 spiro atoms. The van der Waals surface area contributed by atoms with E-state index < -0.39 is 0 Å². The maximum absolute atomic E-state index is 5.66. The van der Waals surface area contributed by atoms with Crippen molar-refractivity contribution >= 4 is 43.8 Å². The van der Waals surface area contributed by atoms with Crippen LogP contribution in [0.25, 0.3) is 11.1 Å². The Morgan fingerprint density at radius 3 is 1.62 bits per heavy atom. The minimum absolute atomic E-state index is 0.795. The molecule has 0 fully saturated rings. The molecule has 16 heavy (non-hydrogen) atoms. The molecule has 2 aromatic rings. The Bertz CT molecular complexity index is 463. The third kappa shape index (κ3) is 2.60. The van der Waals surface area contributed by atoms with Crippen LogP contribution < -0.4 is 8.67 Å². The summed E-state index contributed by atoms with van der Waals surface area (Å²) in [5, 5.41) is 0. The molecule has 0 bridgehead atoms. The third-order valence-electron chi connectivity index (χ3n) is 2.34. The third-order valence-corrected chi connectivity index (χ3v) is 3.31. The van der Waals surface area contributed by atoms with Crippen LogP contribution in [0.5, 0.6) is 0 Å².